The Balaban J connectivity index is 1.58. The Morgan fingerprint density at radius 2 is 1.72 bits per heavy atom. The van der Waals surface area contributed by atoms with Crippen LogP contribution < -0.4 is 15.3 Å². The maximum absolute atomic E-state index is 14.8. The van der Waals surface area contributed by atoms with E-state index >= 15 is 0 Å². The van der Waals surface area contributed by atoms with Gasteiger partial charge in [-0.1, -0.05) is 69.6 Å². The highest BCUT2D eigenvalue weighted by Gasteiger charge is 2.45. The molecule has 3 aromatic carbocycles. The lowest BCUT2D eigenvalue weighted by Gasteiger charge is -2.39. The number of para-hydroxylation sites is 1. The van der Waals surface area contributed by atoms with Crippen molar-refractivity contribution in [2.45, 2.75) is 57.7 Å². The van der Waals surface area contributed by atoms with Gasteiger partial charge in [-0.3, -0.25) is 4.79 Å². The summed E-state index contributed by atoms with van der Waals surface area (Å²) in [6, 6.07) is 16.2. The summed E-state index contributed by atoms with van der Waals surface area (Å²) < 4.78 is 40.5. The highest BCUT2D eigenvalue weighted by molar-refractivity contribution is 6.30. The summed E-state index contributed by atoms with van der Waals surface area (Å²) in [5, 5.41) is 4.24. The number of carbonyl (C=O) groups is 3. The van der Waals surface area contributed by atoms with Crippen LogP contribution in [0.25, 0.3) is 10.9 Å². The topological polar surface area (TPSA) is 98.0 Å². The lowest BCUT2D eigenvalue weighted by Crippen LogP contribution is -2.57. The number of anilines is 2. The molecule has 0 fully saturated rings. The number of amides is 3. The van der Waals surface area contributed by atoms with Crippen LogP contribution in [0.2, 0.25) is 5.02 Å². The quantitative estimate of drug-likeness (QED) is 0.193. The fraction of sp³-hybridized carbons (Fsp3) is 0.378. The normalized spacial score (nSPS) is 16.1. The first-order chi connectivity index (χ1) is 23.4. The van der Waals surface area contributed by atoms with Gasteiger partial charge in [-0.15, -0.1) is 5.06 Å². The van der Waals surface area contributed by atoms with Crippen LogP contribution in [0, 0.1) is 5.92 Å². The first kappa shape index (κ1) is 36.7. The smallest absolute Gasteiger partial charge is 0.361 e. The van der Waals surface area contributed by atoms with E-state index in [-0.39, 0.29) is 22.1 Å². The summed E-state index contributed by atoms with van der Waals surface area (Å²) in [5.41, 5.74) is 3.37. The minimum absolute atomic E-state index is 0.0187. The van der Waals surface area contributed by atoms with E-state index in [1.54, 1.807) is 42.3 Å². The van der Waals surface area contributed by atoms with E-state index in [2.05, 4.69) is 10.3 Å². The zero-order valence-electron chi connectivity index (χ0n) is 28.8. The Bertz CT molecular complexity index is 1870. The molecule has 13 heteroatoms. The summed E-state index contributed by atoms with van der Waals surface area (Å²) in [5.74, 6) is -3.76. The molecule has 5 rings (SSSR count). The molecular weight excluding hydrogens is 671 g/mol. The third-order valence-corrected chi connectivity index (χ3v) is 9.12. The number of halogens is 4. The number of hydrogen-bond donors (Lipinski definition) is 2. The number of benzene rings is 3. The van der Waals surface area contributed by atoms with E-state index in [4.69, 9.17) is 16.4 Å². The van der Waals surface area contributed by atoms with Crippen molar-refractivity contribution in [1.29, 1.82) is 0 Å². The van der Waals surface area contributed by atoms with Crippen molar-refractivity contribution in [1.82, 2.24) is 15.2 Å². The van der Waals surface area contributed by atoms with Gasteiger partial charge in [0, 0.05) is 46.8 Å². The monoisotopic (exact) mass is 711 g/mol. The number of nitrogens with zero attached hydrogens (tertiary/aromatic N) is 3. The van der Waals surface area contributed by atoms with Crippen LogP contribution >= 0.6 is 11.6 Å². The Hall–Kier alpha value is -4.55. The predicted octanol–water partition coefficient (Wildman–Crippen LogP) is 7.59. The van der Waals surface area contributed by atoms with Crippen LogP contribution in [0.5, 0.6) is 0 Å². The number of fused-ring (bicyclic) bond motifs is 2. The molecule has 2 unspecified atom stereocenters. The first-order valence-corrected chi connectivity index (χ1v) is 16.6. The molecule has 1 aliphatic heterocycles. The molecule has 0 bridgehead atoms. The largest absolute Gasteiger partial charge is 0.493 e. The number of nitrogens with one attached hydrogen (secondary N) is 2. The second-order valence-electron chi connectivity index (χ2n) is 14.0. The second kappa shape index (κ2) is 14.4. The molecule has 50 heavy (non-hydrogen) atoms. The number of alkyl halides is 3. The summed E-state index contributed by atoms with van der Waals surface area (Å²) in [7, 11) is 3.87. The molecular formula is C37H41ClF3N5O4. The van der Waals surface area contributed by atoms with Gasteiger partial charge < -0.3 is 24.9 Å². The van der Waals surface area contributed by atoms with Crippen molar-refractivity contribution in [2.24, 2.45) is 5.92 Å². The zero-order valence-corrected chi connectivity index (χ0v) is 29.5. The maximum Gasteiger partial charge on any atom is 0.493 e. The molecule has 9 nitrogen and oxygen atoms in total. The fourth-order valence-corrected chi connectivity index (χ4v) is 6.61. The van der Waals surface area contributed by atoms with E-state index in [9.17, 15) is 27.6 Å². The highest BCUT2D eigenvalue weighted by atomic mass is 35.5. The van der Waals surface area contributed by atoms with Gasteiger partial charge in [0.1, 0.15) is 6.04 Å². The summed E-state index contributed by atoms with van der Waals surface area (Å²) in [6.07, 6.45) is -2.98. The lowest BCUT2D eigenvalue weighted by atomic mass is 9.87. The minimum Gasteiger partial charge on any atom is -0.361 e. The average molecular weight is 712 g/mol. The summed E-state index contributed by atoms with van der Waals surface area (Å²) in [4.78, 5) is 52.6. The van der Waals surface area contributed by atoms with Gasteiger partial charge in [0.15, 0.2) is 0 Å². The Labute approximate surface area is 294 Å². The van der Waals surface area contributed by atoms with Gasteiger partial charge in [-0.05, 0) is 84.9 Å². The van der Waals surface area contributed by atoms with Crippen molar-refractivity contribution in [3.05, 3.63) is 94.6 Å². The summed E-state index contributed by atoms with van der Waals surface area (Å²) >= 11 is 6.36. The fourth-order valence-electron chi connectivity index (χ4n) is 6.41. The highest BCUT2D eigenvalue weighted by Crippen LogP contribution is 2.36. The number of urea groups is 1. The molecule has 1 aromatic heterocycles. The average Bonchev–Trinajstić information content (AvgIpc) is 3.48. The molecule has 266 valence electrons. The van der Waals surface area contributed by atoms with E-state index in [1.165, 1.54) is 12.1 Å². The molecule has 0 radical (unpaired) electrons. The van der Waals surface area contributed by atoms with Gasteiger partial charge in [0.25, 0.3) is 0 Å². The van der Waals surface area contributed by atoms with Gasteiger partial charge in [0.05, 0.1) is 5.69 Å². The number of rotatable bonds is 7. The standard InChI is InChI=1S/C37H41ClF3N5O4/c1-22(29-19-42-30-10-8-7-9-28(29)30)32(33(47)45-21-23(20-44(5)6)17-24-18-26(38)13-16-31(24)45)43-35(49)46(50-34(48)37(39,40)41)27-14-11-25(12-15-27)36(2,3)4/h7-16,18-19,22-23,32,42H,17,20-21H2,1-6H3,(H,43,49)/t22?,23-,32?/m1/s1. The predicted molar refractivity (Wildman–Crippen MR) is 188 cm³/mol. The van der Waals surface area contributed by atoms with Crippen LogP contribution in [0.3, 0.4) is 0 Å². The van der Waals surface area contributed by atoms with Crippen LogP contribution in [-0.2, 0) is 26.3 Å². The molecule has 3 amide bonds. The van der Waals surface area contributed by atoms with Crippen LogP contribution in [0.1, 0.15) is 50.3 Å². The third kappa shape index (κ3) is 8.08. The van der Waals surface area contributed by atoms with Gasteiger partial charge >= 0.3 is 18.2 Å². The van der Waals surface area contributed by atoms with Crippen molar-refractivity contribution in [3.63, 3.8) is 0 Å². The van der Waals surface area contributed by atoms with E-state index in [0.717, 1.165) is 22.0 Å². The van der Waals surface area contributed by atoms with Crippen LogP contribution in [0.4, 0.5) is 29.3 Å². The Kier molecular flexibility index (Phi) is 10.5. The Morgan fingerprint density at radius 1 is 1.04 bits per heavy atom. The van der Waals surface area contributed by atoms with Gasteiger partial charge in [-0.2, -0.15) is 13.2 Å². The molecule has 1 aliphatic rings. The lowest BCUT2D eigenvalue weighted by molar-refractivity contribution is -0.199. The Morgan fingerprint density at radius 3 is 2.36 bits per heavy atom. The number of carbonyl (C=O) groups excluding carboxylic acids is 3. The number of aromatic amines is 1. The van der Waals surface area contributed by atoms with Gasteiger partial charge in [-0.25, -0.2) is 9.59 Å². The van der Waals surface area contributed by atoms with Crippen LogP contribution in [-0.4, -0.2) is 67.2 Å². The molecule has 0 spiro atoms. The number of hydroxylamine groups is 1. The minimum atomic E-state index is -5.39. The maximum atomic E-state index is 14.8. The van der Waals surface area contributed by atoms with Crippen LogP contribution in [0.15, 0.2) is 72.9 Å². The molecule has 0 saturated heterocycles. The van der Waals surface area contributed by atoms with Crippen molar-refractivity contribution in [3.8, 4) is 0 Å². The number of hydrogen-bond acceptors (Lipinski definition) is 5. The summed E-state index contributed by atoms with van der Waals surface area (Å²) in [6.45, 7) is 8.60. The first-order valence-electron chi connectivity index (χ1n) is 16.2. The van der Waals surface area contributed by atoms with E-state index in [1.807, 2.05) is 70.1 Å². The van der Waals surface area contributed by atoms with Gasteiger partial charge in [0.2, 0.25) is 5.91 Å². The molecule has 0 aliphatic carbocycles. The van der Waals surface area contributed by atoms with Crippen molar-refractivity contribution >= 4 is 51.8 Å². The molecule has 2 heterocycles. The van der Waals surface area contributed by atoms with Crippen molar-refractivity contribution in [2.75, 3.05) is 37.1 Å². The van der Waals surface area contributed by atoms with Crippen molar-refractivity contribution < 1.29 is 32.4 Å². The van der Waals surface area contributed by atoms with E-state index < -0.39 is 36.0 Å². The molecule has 4 aromatic rings. The second-order valence-corrected chi connectivity index (χ2v) is 14.5. The molecule has 0 saturated carbocycles. The number of H-pyrrole nitrogens is 1. The number of aromatic nitrogens is 1. The third-order valence-electron chi connectivity index (χ3n) is 8.89. The SMILES string of the molecule is CC(c1c[nH]c2ccccc12)C(NC(=O)N(OC(=O)C(F)(F)F)c1ccc(C(C)(C)C)cc1)C(=O)N1C[C@@H](CN(C)C)Cc2cc(Cl)ccc21. The molecule has 3 atom stereocenters. The zero-order chi connectivity index (χ0) is 36.5. The van der Waals surface area contributed by atoms with E-state index in [0.29, 0.717) is 35.8 Å². The molecule has 2 N–H and O–H groups in total.